The number of anilines is 1. The number of nitrogens with one attached hydrogen (secondary N) is 1. The van der Waals surface area contributed by atoms with Crippen molar-refractivity contribution in [3.8, 4) is 6.07 Å². The highest BCUT2D eigenvalue weighted by Crippen LogP contribution is 2.16. The van der Waals surface area contributed by atoms with Crippen LogP contribution in [0.3, 0.4) is 0 Å². The van der Waals surface area contributed by atoms with Crippen molar-refractivity contribution < 1.29 is 4.39 Å². The van der Waals surface area contributed by atoms with Crippen LogP contribution in [0.25, 0.3) is 0 Å². The summed E-state index contributed by atoms with van der Waals surface area (Å²) in [5.41, 5.74) is 2.16. The third kappa shape index (κ3) is 3.83. The van der Waals surface area contributed by atoms with E-state index in [1.54, 1.807) is 12.1 Å². The zero-order valence-corrected chi connectivity index (χ0v) is 11.4. The summed E-state index contributed by atoms with van der Waals surface area (Å²) in [6.45, 7) is 2.08. The summed E-state index contributed by atoms with van der Waals surface area (Å²) in [5.74, 6) is -0.477. The Hall–Kier alpha value is -2.34. The van der Waals surface area contributed by atoms with Gasteiger partial charge in [-0.15, -0.1) is 0 Å². The Balaban J connectivity index is 1.91. The van der Waals surface area contributed by atoms with E-state index in [4.69, 9.17) is 5.26 Å². The van der Waals surface area contributed by atoms with E-state index >= 15 is 0 Å². The second-order valence-corrected chi connectivity index (χ2v) is 4.88. The maximum absolute atomic E-state index is 13.2. The molecule has 0 aromatic heterocycles. The normalized spacial score (nSPS) is 11.7. The Morgan fingerprint density at radius 3 is 2.65 bits per heavy atom. The Labute approximate surface area is 118 Å². The van der Waals surface area contributed by atoms with Gasteiger partial charge in [0, 0.05) is 11.7 Å². The summed E-state index contributed by atoms with van der Waals surface area (Å²) < 4.78 is 13.2. The van der Waals surface area contributed by atoms with Crippen molar-refractivity contribution >= 4 is 5.69 Å². The third-order valence-electron chi connectivity index (χ3n) is 3.21. The van der Waals surface area contributed by atoms with Crippen molar-refractivity contribution in [2.24, 2.45) is 0 Å². The summed E-state index contributed by atoms with van der Waals surface area (Å²) in [4.78, 5) is 0. The first-order valence-electron chi connectivity index (χ1n) is 6.69. The molecule has 0 fully saturated rings. The van der Waals surface area contributed by atoms with E-state index in [-0.39, 0.29) is 11.6 Å². The largest absolute Gasteiger partial charge is 0.383 e. The second-order valence-electron chi connectivity index (χ2n) is 4.88. The van der Waals surface area contributed by atoms with Crippen LogP contribution in [0.5, 0.6) is 0 Å². The Morgan fingerprint density at radius 2 is 1.95 bits per heavy atom. The Bertz CT molecular complexity index is 602. The fourth-order valence-corrected chi connectivity index (χ4v) is 2.09. The number of nitriles is 1. The summed E-state index contributed by atoms with van der Waals surface area (Å²) in [5, 5.41) is 12.1. The minimum atomic E-state index is -0.477. The fraction of sp³-hybridized carbons (Fsp3) is 0.235. The summed E-state index contributed by atoms with van der Waals surface area (Å²) >= 11 is 0. The minimum absolute atomic E-state index is 0.0743. The van der Waals surface area contributed by atoms with Crippen LogP contribution in [-0.2, 0) is 6.42 Å². The molecule has 3 heteroatoms. The predicted octanol–water partition coefficient (Wildman–Crippen LogP) is 4.13. The lowest BCUT2D eigenvalue weighted by atomic mass is 10.1. The maximum Gasteiger partial charge on any atom is 0.141 e. The van der Waals surface area contributed by atoms with Crippen molar-refractivity contribution in [3.05, 3.63) is 65.5 Å². The van der Waals surface area contributed by atoms with Crippen LogP contribution >= 0.6 is 0 Å². The predicted molar refractivity (Wildman–Crippen MR) is 79.0 cm³/mol. The zero-order chi connectivity index (χ0) is 14.4. The minimum Gasteiger partial charge on any atom is -0.383 e. The van der Waals surface area contributed by atoms with E-state index in [1.807, 2.05) is 24.3 Å². The molecule has 0 spiro atoms. The highest BCUT2D eigenvalue weighted by Gasteiger charge is 2.06. The molecule has 1 unspecified atom stereocenters. The quantitative estimate of drug-likeness (QED) is 0.885. The van der Waals surface area contributed by atoms with Gasteiger partial charge in [-0.3, -0.25) is 0 Å². The molecular formula is C17H17FN2. The van der Waals surface area contributed by atoms with E-state index in [9.17, 15) is 4.39 Å². The number of rotatable bonds is 5. The van der Waals surface area contributed by atoms with Gasteiger partial charge in [0.1, 0.15) is 11.9 Å². The lowest BCUT2D eigenvalue weighted by Crippen LogP contribution is -2.16. The van der Waals surface area contributed by atoms with Crippen LogP contribution in [0.1, 0.15) is 24.5 Å². The molecule has 2 rings (SSSR count). The van der Waals surface area contributed by atoms with E-state index in [2.05, 4.69) is 24.4 Å². The van der Waals surface area contributed by atoms with Crippen molar-refractivity contribution in [2.45, 2.75) is 25.8 Å². The molecule has 1 atom stereocenters. The molecule has 0 amide bonds. The lowest BCUT2D eigenvalue weighted by molar-refractivity contribution is 0.623. The number of nitrogens with zero attached hydrogens (tertiary/aromatic N) is 1. The van der Waals surface area contributed by atoms with Gasteiger partial charge in [0.2, 0.25) is 0 Å². The molecule has 0 aliphatic carbocycles. The molecular weight excluding hydrogens is 251 g/mol. The molecule has 20 heavy (non-hydrogen) atoms. The molecule has 2 aromatic carbocycles. The van der Waals surface area contributed by atoms with Gasteiger partial charge >= 0.3 is 0 Å². The van der Waals surface area contributed by atoms with Crippen LogP contribution in [-0.4, -0.2) is 6.04 Å². The number of hydrogen-bond donors (Lipinski definition) is 1. The molecule has 0 radical (unpaired) electrons. The fourth-order valence-electron chi connectivity index (χ4n) is 2.09. The first-order chi connectivity index (χ1) is 9.69. The topological polar surface area (TPSA) is 35.8 Å². The molecule has 2 nitrogen and oxygen atoms in total. The highest BCUT2D eigenvalue weighted by molar-refractivity contribution is 5.50. The molecule has 1 N–H and O–H groups in total. The van der Waals surface area contributed by atoms with E-state index in [0.29, 0.717) is 0 Å². The van der Waals surface area contributed by atoms with Crippen LogP contribution in [0.2, 0.25) is 0 Å². The van der Waals surface area contributed by atoms with Crippen molar-refractivity contribution in [3.63, 3.8) is 0 Å². The smallest absolute Gasteiger partial charge is 0.141 e. The van der Waals surface area contributed by atoms with Crippen molar-refractivity contribution in [1.29, 1.82) is 5.26 Å². The Kier molecular flexibility index (Phi) is 4.73. The number of aryl methyl sites for hydroxylation is 1. The standard InChI is InChI=1S/C17H17FN2/c1-13(7-8-14-5-3-2-4-6-14)20-16-9-10-17(18)15(11-16)12-19/h2-6,9-11,13,20H,7-8H2,1H3. The molecule has 0 saturated carbocycles. The molecule has 0 bridgehead atoms. The van der Waals surface area contributed by atoms with Gasteiger partial charge in [0.25, 0.3) is 0 Å². The zero-order valence-electron chi connectivity index (χ0n) is 11.4. The van der Waals surface area contributed by atoms with E-state index in [1.165, 1.54) is 11.6 Å². The monoisotopic (exact) mass is 268 g/mol. The SMILES string of the molecule is CC(CCc1ccccc1)Nc1ccc(F)c(C#N)c1. The molecule has 102 valence electrons. The first kappa shape index (κ1) is 14.1. The Morgan fingerprint density at radius 1 is 1.20 bits per heavy atom. The van der Waals surface area contributed by atoms with Gasteiger partial charge in [-0.1, -0.05) is 30.3 Å². The summed E-state index contributed by atoms with van der Waals surface area (Å²) in [6, 6.07) is 16.9. The van der Waals surface area contributed by atoms with Gasteiger partial charge in [0.05, 0.1) is 5.56 Å². The molecule has 0 heterocycles. The summed E-state index contributed by atoms with van der Waals surface area (Å²) in [6.07, 6.45) is 1.96. The average molecular weight is 268 g/mol. The van der Waals surface area contributed by atoms with Gasteiger partial charge in [-0.25, -0.2) is 4.39 Å². The van der Waals surface area contributed by atoms with Crippen molar-refractivity contribution in [2.75, 3.05) is 5.32 Å². The molecule has 0 aliphatic rings. The van der Waals surface area contributed by atoms with Crippen LogP contribution < -0.4 is 5.32 Å². The van der Waals surface area contributed by atoms with Gasteiger partial charge in [-0.05, 0) is 43.5 Å². The molecule has 0 aliphatic heterocycles. The lowest BCUT2D eigenvalue weighted by Gasteiger charge is -2.15. The van der Waals surface area contributed by atoms with Crippen LogP contribution in [0.4, 0.5) is 10.1 Å². The van der Waals surface area contributed by atoms with Gasteiger partial charge < -0.3 is 5.32 Å². The van der Waals surface area contributed by atoms with E-state index < -0.39 is 5.82 Å². The van der Waals surface area contributed by atoms with Crippen LogP contribution in [0, 0.1) is 17.1 Å². The average Bonchev–Trinajstić information content (AvgIpc) is 2.48. The van der Waals surface area contributed by atoms with Gasteiger partial charge in [0.15, 0.2) is 0 Å². The maximum atomic E-state index is 13.2. The number of hydrogen-bond acceptors (Lipinski definition) is 2. The van der Waals surface area contributed by atoms with Crippen molar-refractivity contribution in [1.82, 2.24) is 0 Å². The third-order valence-corrected chi connectivity index (χ3v) is 3.21. The number of benzene rings is 2. The molecule has 0 saturated heterocycles. The molecule has 2 aromatic rings. The van der Waals surface area contributed by atoms with Crippen LogP contribution in [0.15, 0.2) is 48.5 Å². The first-order valence-corrected chi connectivity index (χ1v) is 6.69. The van der Waals surface area contributed by atoms with Gasteiger partial charge in [-0.2, -0.15) is 5.26 Å². The number of halogens is 1. The highest BCUT2D eigenvalue weighted by atomic mass is 19.1. The second kappa shape index (κ2) is 6.72. The van der Waals surface area contributed by atoms with E-state index in [0.717, 1.165) is 18.5 Å². The summed E-state index contributed by atoms with van der Waals surface area (Å²) in [7, 11) is 0.